The maximum absolute atomic E-state index is 11.9. The molecule has 0 aromatic heterocycles. The average molecular weight is 342 g/mol. The van der Waals surface area contributed by atoms with Gasteiger partial charge in [0, 0.05) is 5.56 Å². The molecule has 25 heavy (non-hydrogen) atoms. The first-order valence-corrected chi connectivity index (χ1v) is 7.66. The van der Waals surface area contributed by atoms with E-state index in [4.69, 9.17) is 18.9 Å². The molecule has 130 valence electrons. The van der Waals surface area contributed by atoms with Crippen molar-refractivity contribution in [1.29, 1.82) is 0 Å². The van der Waals surface area contributed by atoms with Gasteiger partial charge >= 0.3 is 0 Å². The highest BCUT2D eigenvalue weighted by molar-refractivity contribution is 5.99. The Morgan fingerprint density at radius 3 is 2.72 bits per heavy atom. The Labute approximate surface area is 145 Å². The zero-order valence-electron chi connectivity index (χ0n) is 13.9. The normalized spacial score (nSPS) is 12.6. The Kier molecular flexibility index (Phi) is 5.03. The van der Waals surface area contributed by atoms with Gasteiger partial charge in [-0.15, -0.1) is 0 Å². The fraction of sp³-hybridized carbons (Fsp3) is 0.222. The lowest BCUT2D eigenvalue weighted by Gasteiger charge is -2.09. The molecule has 1 N–H and O–H groups in total. The molecule has 0 saturated heterocycles. The molecule has 0 saturated carbocycles. The van der Waals surface area contributed by atoms with Crippen LogP contribution in [-0.2, 0) is 4.79 Å². The molecular weight excluding hydrogens is 324 g/mol. The first-order chi connectivity index (χ1) is 12.2. The van der Waals surface area contributed by atoms with Crippen LogP contribution in [0.4, 0.5) is 0 Å². The van der Waals surface area contributed by atoms with Crippen LogP contribution in [0.25, 0.3) is 0 Å². The topological polar surface area (TPSA) is 78.4 Å². The van der Waals surface area contributed by atoms with Crippen LogP contribution in [0.2, 0.25) is 0 Å². The number of amides is 1. The van der Waals surface area contributed by atoms with Crippen molar-refractivity contribution >= 4 is 11.6 Å². The third kappa shape index (κ3) is 4.00. The van der Waals surface area contributed by atoms with Crippen molar-refractivity contribution in [3.05, 3.63) is 48.0 Å². The number of nitrogens with one attached hydrogen (secondary N) is 1. The van der Waals surface area contributed by atoms with Crippen LogP contribution in [0.15, 0.2) is 47.6 Å². The summed E-state index contributed by atoms with van der Waals surface area (Å²) in [5.74, 6) is 2.06. The van der Waals surface area contributed by atoms with Gasteiger partial charge in [0.2, 0.25) is 6.79 Å². The first-order valence-electron chi connectivity index (χ1n) is 7.66. The van der Waals surface area contributed by atoms with E-state index in [0.29, 0.717) is 28.7 Å². The van der Waals surface area contributed by atoms with Crippen molar-refractivity contribution < 1.29 is 23.7 Å². The van der Waals surface area contributed by atoms with Crippen LogP contribution < -0.4 is 24.4 Å². The summed E-state index contributed by atoms with van der Waals surface area (Å²) in [7, 11) is 1.54. The second-order valence-corrected chi connectivity index (χ2v) is 5.24. The highest BCUT2D eigenvalue weighted by atomic mass is 16.7. The van der Waals surface area contributed by atoms with Gasteiger partial charge in [-0.25, -0.2) is 5.43 Å². The van der Waals surface area contributed by atoms with Gasteiger partial charge in [0.05, 0.1) is 12.8 Å². The predicted octanol–water partition coefficient (Wildman–Crippen LogP) is 2.34. The van der Waals surface area contributed by atoms with Crippen LogP contribution in [0.1, 0.15) is 12.5 Å². The molecule has 2 aromatic carbocycles. The van der Waals surface area contributed by atoms with Crippen molar-refractivity contribution in [1.82, 2.24) is 5.43 Å². The molecule has 1 aliphatic heterocycles. The highest BCUT2D eigenvalue weighted by Crippen LogP contribution is 2.32. The molecule has 2 aromatic rings. The molecule has 0 fully saturated rings. The van der Waals surface area contributed by atoms with Crippen molar-refractivity contribution in [2.24, 2.45) is 5.10 Å². The lowest BCUT2D eigenvalue weighted by atomic mass is 10.1. The van der Waals surface area contributed by atoms with Crippen molar-refractivity contribution in [3.8, 4) is 23.0 Å². The molecule has 1 aliphatic rings. The van der Waals surface area contributed by atoms with Gasteiger partial charge in [0.25, 0.3) is 5.91 Å². The number of carbonyl (C=O) groups excluding carboxylic acids is 1. The fourth-order valence-corrected chi connectivity index (χ4v) is 2.25. The third-order valence-corrected chi connectivity index (χ3v) is 3.57. The van der Waals surface area contributed by atoms with Crippen LogP contribution >= 0.6 is 0 Å². The van der Waals surface area contributed by atoms with E-state index in [2.05, 4.69) is 10.5 Å². The lowest BCUT2D eigenvalue weighted by molar-refractivity contribution is -0.123. The number of methoxy groups -OCH3 is 1. The number of benzene rings is 2. The van der Waals surface area contributed by atoms with E-state index in [1.165, 1.54) is 0 Å². The zero-order chi connectivity index (χ0) is 17.6. The zero-order valence-corrected chi connectivity index (χ0v) is 13.9. The highest BCUT2D eigenvalue weighted by Gasteiger charge is 2.14. The number of hydrogen-bond donors (Lipinski definition) is 1. The Bertz CT molecular complexity index is 804. The number of nitrogens with zero attached hydrogens (tertiary/aromatic N) is 1. The molecule has 1 heterocycles. The molecule has 7 nitrogen and oxygen atoms in total. The Hall–Kier alpha value is -3.22. The molecular formula is C18H18N2O5. The van der Waals surface area contributed by atoms with Crippen molar-refractivity contribution in [3.63, 3.8) is 0 Å². The number of fused-ring (bicyclic) bond motifs is 1. The first kappa shape index (κ1) is 16.6. The Morgan fingerprint density at radius 2 is 1.92 bits per heavy atom. The van der Waals surface area contributed by atoms with Gasteiger partial charge < -0.3 is 18.9 Å². The summed E-state index contributed by atoms with van der Waals surface area (Å²) in [6.07, 6.45) is 0. The third-order valence-electron chi connectivity index (χ3n) is 3.57. The summed E-state index contributed by atoms with van der Waals surface area (Å²) >= 11 is 0. The molecule has 1 amide bonds. The Morgan fingerprint density at radius 1 is 1.16 bits per heavy atom. The van der Waals surface area contributed by atoms with Gasteiger partial charge in [-0.2, -0.15) is 5.10 Å². The number of carbonyl (C=O) groups is 1. The molecule has 3 rings (SSSR count). The molecule has 0 radical (unpaired) electrons. The predicted molar refractivity (Wildman–Crippen MR) is 91.4 cm³/mol. The van der Waals surface area contributed by atoms with Gasteiger partial charge in [0.1, 0.15) is 0 Å². The lowest BCUT2D eigenvalue weighted by Crippen LogP contribution is -2.25. The maximum atomic E-state index is 11.9. The van der Waals surface area contributed by atoms with E-state index in [1.807, 2.05) is 24.3 Å². The summed E-state index contributed by atoms with van der Waals surface area (Å²) in [6, 6.07) is 12.6. The minimum absolute atomic E-state index is 0.168. The van der Waals surface area contributed by atoms with Gasteiger partial charge in [0.15, 0.2) is 29.6 Å². The van der Waals surface area contributed by atoms with E-state index >= 15 is 0 Å². The second-order valence-electron chi connectivity index (χ2n) is 5.24. The minimum atomic E-state index is -0.369. The number of hydrogen-bond acceptors (Lipinski definition) is 6. The number of ether oxygens (including phenoxy) is 4. The Balaban J connectivity index is 1.56. The van der Waals surface area contributed by atoms with E-state index in [9.17, 15) is 4.79 Å². The quantitative estimate of drug-likeness (QED) is 0.644. The maximum Gasteiger partial charge on any atom is 0.277 e. The van der Waals surface area contributed by atoms with Crippen LogP contribution in [0.5, 0.6) is 23.0 Å². The van der Waals surface area contributed by atoms with Gasteiger partial charge in [-0.1, -0.05) is 12.1 Å². The molecule has 7 heteroatoms. The largest absolute Gasteiger partial charge is 0.493 e. The van der Waals surface area contributed by atoms with Crippen LogP contribution in [0, 0.1) is 0 Å². The molecule has 0 unspecified atom stereocenters. The van der Waals surface area contributed by atoms with Crippen molar-refractivity contribution in [2.45, 2.75) is 6.92 Å². The number of hydrazone groups is 1. The van der Waals surface area contributed by atoms with E-state index in [0.717, 1.165) is 5.56 Å². The summed E-state index contributed by atoms with van der Waals surface area (Å²) in [4.78, 5) is 11.9. The second kappa shape index (κ2) is 7.57. The van der Waals surface area contributed by atoms with Gasteiger partial charge in [-0.05, 0) is 37.3 Å². The smallest absolute Gasteiger partial charge is 0.277 e. The standard InChI is InChI=1S/C18H18N2O5/c1-12(13-7-8-16-17(9-13)25-11-24-16)19-20-18(21)10-23-15-6-4-3-5-14(15)22-2/h3-9H,10-11H2,1-2H3,(H,20,21)/b19-12-. The molecule has 0 aliphatic carbocycles. The SMILES string of the molecule is COc1ccccc1OCC(=O)N/N=C(/C)c1ccc2c(c1)OCO2. The van der Waals surface area contributed by atoms with E-state index in [1.54, 1.807) is 32.2 Å². The average Bonchev–Trinajstić information content (AvgIpc) is 3.12. The molecule has 0 bridgehead atoms. The summed E-state index contributed by atoms with van der Waals surface area (Å²) in [5.41, 5.74) is 3.94. The van der Waals surface area contributed by atoms with Crippen molar-refractivity contribution in [2.75, 3.05) is 20.5 Å². The van der Waals surface area contributed by atoms with Crippen LogP contribution in [-0.4, -0.2) is 32.1 Å². The summed E-state index contributed by atoms with van der Waals surface area (Å²) < 4.78 is 21.2. The number of rotatable bonds is 6. The molecule has 0 spiro atoms. The number of para-hydroxylation sites is 2. The van der Waals surface area contributed by atoms with E-state index < -0.39 is 0 Å². The van der Waals surface area contributed by atoms with Crippen LogP contribution in [0.3, 0.4) is 0 Å². The minimum Gasteiger partial charge on any atom is -0.493 e. The fourth-order valence-electron chi connectivity index (χ4n) is 2.25. The van der Waals surface area contributed by atoms with Gasteiger partial charge in [-0.3, -0.25) is 4.79 Å². The monoisotopic (exact) mass is 342 g/mol. The summed E-state index contributed by atoms with van der Waals surface area (Å²) in [5, 5.41) is 4.08. The summed E-state index contributed by atoms with van der Waals surface area (Å²) in [6.45, 7) is 1.84. The van der Waals surface area contributed by atoms with E-state index in [-0.39, 0.29) is 19.3 Å². The molecule has 0 atom stereocenters.